The van der Waals surface area contributed by atoms with E-state index in [1.54, 1.807) is 17.5 Å². The molecule has 76 valence electrons. The van der Waals surface area contributed by atoms with Gasteiger partial charge in [0.05, 0.1) is 9.88 Å². The van der Waals surface area contributed by atoms with Gasteiger partial charge in [0.15, 0.2) is 6.29 Å². The third kappa shape index (κ3) is 1.73. The number of carbonyl (C=O) groups is 1. The molecule has 0 saturated heterocycles. The third-order valence-electron chi connectivity index (χ3n) is 3.11. The van der Waals surface area contributed by atoms with Crippen LogP contribution in [0.2, 0.25) is 0 Å². The Labute approximate surface area is 88.4 Å². The summed E-state index contributed by atoms with van der Waals surface area (Å²) in [4.78, 5) is 15.7. The van der Waals surface area contributed by atoms with E-state index in [1.807, 2.05) is 0 Å². The third-order valence-corrected chi connectivity index (χ3v) is 4.34. The minimum absolute atomic E-state index is 0.240. The summed E-state index contributed by atoms with van der Waals surface area (Å²) in [7, 11) is 0. The summed E-state index contributed by atoms with van der Waals surface area (Å²) in [6, 6.07) is 0. The molecule has 0 bridgehead atoms. The maximum Gasteiger partial charge on any atom is 0.161 e. The van der Waals surface area contributed by atoms with Crippen LogP contribution in [0, 0.1) is 0 Å². The number of hydrogen-bond acceptors (Lipinski definition) is 3. The highest BCUT2D eigenvalue weighted by Gasteiger charge is 2.31. The van der Waals surface area contributed by atoms with Crippen molar-refractivity contribution in [3.63, 3.8) is 0 Å². The van der Waals surface area contributed by atoms with Crippen molar-refractivity contribution in [2.75, 3.05) is 0 Å². The molecule has 0 aliphatic heterocycles. The van der Waals surface area contributed by atoms with Crippen LogP contribution in [0.15, 0.2) is 6.20 Å². The molecule has 1 aliphatic carbocycles. The van der Waals surface area contributed by atoms with Gasteiger partial charge in [-0.1, -0.05) is 26.2 Å². The van der Waals surface area contributed by atoms with Gasteiger partial charge in [-0.3, -0.25) is 4.79 Å². The first-order valence-corrected chi connectivity index (χ1v) is 5.98. The van der Waals surface area contributed by atoms with Crippen LogP contribution in [-0.4, -0.2) is 11.3 Å². The Balaban J connectivity index is 2.23. The van der Waals surface area contributed by atoms with Gasteiger partial charge in [0.2, 0.25) is 0 Å². The minimum Gasteiger partial charge on any atom is -0.297 e. The predicted octanol–water partition coefficient (Wildman–Crippen LogP) is 3.18. The fourth-order valence-corrected chi connectivity index (χ4v) is 3.10. The molecule has 1 fully saturated rings. The first kappa shape index (κ1) is 9.84. The molecule has 0 unspecified atom stereocenters. The van der Waals surface area contributed by atoms with E-state index >= 15 is 0 Å². The number of aldehydes is 1. The van der Waals surface area contributed by atoms with Crippen molar-refractivity contribution in [2.24, 2.45) is 0 Å². The number of thiazole rings is 1. The van der Waals surface area contributed by atoms with Crippen LogP contribution < -0.4 is 0 Å². The Kier molecular flexibility index (Phi) is 2.68. The zero-order valence-electron chi connectivity index (χ0n) is 8.45. The van der Waals surface area contributed by atoms with E-state index in [1.165, 1.54) is 32.1 Å². The molecule has 1 aliphatic rings. The van der Waals surface area contributed by atoms with Crippen molar-refractivity contribution >= 4 is 17.6 Å². The lowest BCUT2D eigenvalue weighted by Gasteiger charge is -2.31. The standard InChI is InChI=1S/C11H15NOS/c1-11(5-3-2-4-6-11)10-12-7-9(8-13)14-10/h7-8H,2-6H2,1H3. The van der Waals surface area contributed by atoms with Gasteiger partial charge in [-0.25, -0.2) is 4.98 Å². The zero-order chi connectivity index (χ0) is 10.0. The van der Waals surface area contributed by atoms with Crippen LogP contribution >= 0.6 is 11.3 Å². The summed E-state index contributed by atoms with van der Waals surface area (Å²) in [5.41, 5.74) is 0.240. The van der Waals surface area contributed by atoms with Gasteiger partial charge in [-0.2, -0.15) is 0 Å². The average Bonchev–Trinajstić information content (AvgIpc) is 2.67. The normalized spacial score (nSPS) is 20.6. The predicted molar refractivity (Wildman–Crippen MR) is 57.9 cm³/mol. The molecule has 3 heteroatoms. The highest BCUT2D eigenvalue weighted by atomic mass is 32.1. The Morgan fingerprint density at radius 2 is 2.14 bits per heavy atom. The molecule has 2 nitrogen and oxygen atoms in total. The van der Waals surface area contributed by atoms with E-state index in [-0.39, 0.29) is 5.41 Å². The number of rotatable bonds is 2. The Morgan fingerprint density at radius 3 is 2.71 bits per heavy atom. The van der Waals surface area contributed by atoms with Crippen molar-refractivity contribution in [2.45, 2.75) is 44.4 Å². The highest BCUT2D eigenvalue weighted by Crippen LogP contribution is 2.40. The monoisotopic (exact) mass is 209 g/mol. The molecule has 0 N–H and O–H groups in total. The molecule has 0 spiro atoms. The van der Waals surface area contributed by atoms with Crippen molar-refractivity contribution in [1.29, 1.82) is 0 Å². The Hall–Kier alpha value is -0.700. The molecule has 1 heterocycles. The molecular formula is C11H15NOS. The average molecular weight is 209 g/mol. The SMILES string of the molecule is CC1(c2ncc(C=O)s2)CCCCC1. The van der Waals surface area contributed by atoms with Gasteiger partial charge in [0.25, 0.3) is 0 Å². The van der Waals surface area contributed by atoms with Crippen LogP contribution in [0.3, 0.4) is 0 Å². The lowest BCUT2D eigenvalue weighted by molar-refractivity contribution is 0.112. The molecule has 0 atom stereocenters. The fraction of sp³-hybridized carbons (Fsp3) is 0.636. The molecule has 0 aromatic carbocycles. The van der Waals surface area contributed by atoms with Gasteiger partial charge < -0.3 is 0 Å². The second-order valence-corrected chi connectivity index (χ2v) is 5.37. The van der Waals surface area contributed by atoms with Crippen molar-refractivity contribution in [3.05, 3.63) is 16.1 Å². The molecule has 0 radical (unpaired) electrons. The summed E-state index contributed by atoms with van der Waals surface area (Å²) in [5, 5.41) is 1.15. The topological polar surface area (TPSA) is 30.0 Å². The van der Waals surface area contributed by atoms with Crippen LogP contribution in [0.1, 0.15) is 53.7 Å². The number of nitrogens with zero attached hydrogens (tertiary/aromatic N) is 1. The van der Waals surface area contributed by atoms with E-state index < -0.39 is 0 Å². The van der Waals surface area contributed by atoms with Gasteiger partial charge in [0.1, 0.15) is 0 Å². The second kappa shape index (κ2) is 3.81. The summed E-state index contributed by atoms with van der Waals surface area (Å²) in [6.45, 7) is 2.28. The van der Waals surface area contributed by atoms with Gasteiger partial charge in [0, 0.05) is 11.6 Å². The Morgan fingerprint density at radius 1 is 1.43 bits per heavy atom. The maximum absolute atomic E-state index is 10.6. The molecule has 1 aromatic heterocycles. The van der Waals surface area contributed by atoms with E-state index in [0.717, 1.165) is 16.2 Å². The van der Waals surface area contributed by atoms with E-state index in [0.29, 0.717) is 0 Å². The minimum atomic E-state index is 0.240. The van der Waals surface area contributed by atoms with Crippen LogP contribution in [0.5, 0.6) is 0 Å². The lowest BCUT2D eigenvalue weighted by atomic mass is 9.76. The number of hydrogen-bond donors (Lipinski definition) is 0. The number of carbonyl (C=O) groups excluding carboxylic acids is 1. The summed E-state index contributed by atoms with van der Waals surface area (Å²) < 4.78 is 0. The molecule has 0 amide bonds. The largest absolute Gasteiger partial charge is 0.297 e. The fourth-order valence-electron chi connectivity index (χ4n) is 2.17. The van der Waals surface area contributed by atoms with Crippen LogP contribution in [-0.2, 0) is 5.41 Å². The number of aromatic nitrogens is 1. The molecule has 14 heavy (non-hydrogen) atoms. The zero-order valence-corrected chi connectivity index (χ0v) is 9.27. The second-order valence-electron chi connectivity index (χ2n) is 4.31. The van der Waals surface area contributed by atoms with Crippen molar-refractivity contribution in [3.8, 4) is 0 Å². The summed E-state index contributed by atoms with van der Waals surface area (Å²) in [6.07, 6.45) is 8.98. The van der Waals surface area contributed by atoms with E-state index in [9.17, 15) is 4.79 Å². The van der Waals surface area contributed by atoms with Gasteiger partial charge in [-0.05, 0) is 12.8 Å². The van der Waals surface area contributed by atoms with Crippen molar-refractivity contribution in [1.82, 2.24) is 4.98 Å². The first-order valence-electron chi connectivity index (χ1n) is 5.16. The van der Waals surface area contributed by atoms with Crippen LogP contribution in [0.25, 0.3) is 0 Å². The molecule has 2 rings (SSSR count). The van der Waals surface area contributed by atoms with Crippen molar-refractivity contribution < 1.29 is 4.79 Å². The lowest BCUT2D eigenvalue weighted by Crippen LogP contribution is -2.24. The smallest absolute Gasteiger partial charge is 0.161 e. The Bertz CT molecular complexity index is 326. The molecule has 1 saturated carbocycles. The van der Waals surface area contributed by atoms with Crippen LogP contribution in [0.4, 0.5) is 0 Å². The molecular weight excluding hydrogens is 194 g/mol. The van der Waals surface area contributed by atoms with E-state index in [2.05, 4.69) is 11.9 Å². The van der Waals surface area contributed by atoms with Gasteiger partial charge >= 0.3 is 0 Å². The van der Waals surface area contributed by atoms with Gasteiger partial charge in [-0.15, -0.1) is 11.3 Å². The highest BCUT2D eigenvalue weighted by molar-refractivity contribution is 7.13. The summed E-state index contributed by atoms with van der Waals surface area (Å²) in [5.74, 6) is 0. The summed E-state index contributed by atoms with van der Waals surface area (Å²) >= 11 is 1.56. The maximum atomic E-state index is 10.6. The van der Waals surface area contributed by atoms with E-state index in [4.69, 9.17) is 0 Å². The molecule has 1 aromatic rings. The first-order chi connectivity index (χ1) is 6.74. The quantitative estimate of drug-likeness (QED) is 0.700.